The standard InChI is InChI=1S/C18H22N4O2/c1-15-6-2-3-7-16(15)24-14-18(23)22-11-5-10-21(12-13-22)17-8-4-9-19-20-17/h2-4,6-9H,5,10-14H2,1H3. The highest BCUT2D eigenvalue weighted by Gasteiger charge is 2.20. The van der Waals surface area contributed by atoms with Crippen LogP contribution in [0.15, 0.2) is 42.6 Å². The number of anilines is 1. The lowest BCUT2D eigenvalue weighted by Gasteiger charge is -2.22. The predicted octanol–water partition coefficient (Wildman–Crippen LogP) is 1.90. The molecule has 1 fully saturated rings. The fourth-order valence-corrected chi connectivity index (χ4v) is 2.81. The molecule has 1 aliphatic rings. The fraction of sp³-hybridized carbons (Fsp3) is 0.389. The Morgan fingerprint density at radius 3 is 2.79 bits per heavy atom. The molecular formula is C18H22N4O2. The Kier molecular flexibility index (Phi) is 5.25. The van der Waals surface area contributed by atoms with Crippen LogP contribution in [0.3, 0.4) is 0 Å². The Hall–Kier alpha value is -2.63. The largest absolute Gasteiger partial charge is 0.484 e. The van der Waals surface area contributed by atoms with Gasteiger partial charge in [0.2, 0.25) is 0 Å². The first-order chi connectivity index (χ1) is 11.7. The minimum Gasteiger partial charge on any atom is -0.484 e. The topological polar surface area (TPSA) is 58.6 Å². The molecule has 0 aliphatic carbocycles. The summed E-state index contributed by atoms with van der Waals surface area (Å²) in [6, 6.07) is 11.6. The lowest BCUT2D eigenvalue weighted by molar-refractivity contribution is -0.133. The van der Waals surface area contributed by atoms with Crippen LogP contribution in [0.25, 0.3) is 0 Å². The summed E-state index contributed by atoms with van der Waals surface area (Å²) in [6.07, 6.45) is 2.58. The second kappa shape index (κ2) is 7.77. The lowest BCUT2D eigenvalue weighted by Crippen LogP contribution is -2.38. The molecule has 2 aromatic rings. The van der Waals surface area contributed by atoms with Crippen molar-refractivity contribution in [2.75, 3.05) is 37.7 Å². The Balaban J connectivity index is 1.54. The van der Waals surface area contributed by atoms with Gasteiger partial charge in [-0.15, -0.1) is 5.10 Å². The number of benzene rings is 1. The van der Waals surface area contributed by atoms with Gasteiger partial charge < -0.3 is 14.5 Å². The molecule has 0 saturated carbocycles. The van der Waals surface area contributed by atoms with E-state index >= 15 is 0 Å². The Morgan fingerprint density at radius 1 is 1.12 bits per heavy atom. The molecule has 126 valence electrons. The first-order valence-electron chi connectivity index (χ1n) is 8.23. The van der Waals surface area contributed by atoms with Crippen LogP contribution in [0.1, 0.15) is 12.0 Å². The molecule has 3 rings (SSSR count). The van der Waals surface area contributed by atoms with Gasteiger partial charge in [-0.1, -0.05) is 18.2 Å². The second-order valence-electron chi connectivity index (χ2n) is 5.86. The third-order valence-corrected chi connectivity index (χ3v) is 4.18. The molecule has 0 bridgehead atoms. The van der Waals surface area contributed by atoms with E-state index < -0.39 is 0 Å². The van der Waals surface area contributed by atoms with E-state index in [0.717, 1.165) is 43.2 Å². The van der Waals surface area contributed by atoms with Crippen molar-refractivity contribution in [3.8, 4) is 5.75 Å². The van der Waals surface area contributed by atoms with Gasteiger partial charge in [-0.05, 0) is 37.1 Å². The number of nitrogens with zero attached hydrogens (tertiary/aromatic N) is 4. The van der Waals surface area contributed by atoms with Crippen molar-refractivity contribution in [3.63, 3.8) is 0 Å². The molecule has 0 radical (unpaired) electrons. The molecule has 1 aromatic heterocycles. The van der Waals surface area contributed by atoms with Crippen molar-refractivity contribution in [1.29, 1.82) is 0 Å². The summed E-state index contributed by atoms with van der Waals surface area (Å²) >= 11 is 0. The summed E-state index contributed by atoms with van der Waals surface area (Å²) in [6.45, 7) is 5.11. The molecule has 24 heavy (non-hydrogen) atoms. The fourth-order valence-electron chi connectivity index (χ4n) is 2.81. The molecular weight excluding hydrogens is 304 g/mol. The van der Waals surface area contributed by atoms with Crippen LogP contribution in [0.2, 0.25) is 0 Å². The number of hydrogen-bond donors (Lipinski definition) is 0. The van der Waals surface area contributed by atoms with Gasteiger partial charge in [0.25, 0.3) is 5.91 Å². The molecule has 0 N–H and O–H groups in total. The van der Waals surface area contributed by atoms with Crippen molar-refractivity contribution in [3.05, 3.63) is 48.2 Å². The average Bonchev–Trinajstić information content (AvgIpc) is 2.88. The molecule has 1 amide bonds. The maximum absolute atomic E-state index is 12.4. The first-order valence-corrected chi connectivity index (χ1v) is 8.23. The quantitative estimate of drug-likeness (QED) is 0.859. The van der Waals surface area contributed by atoms with E-state index in [1.165, 1.54) is 0 Å². The number of aromatic nitrogens is 2. The Labute approximate surface area is 142 Å². The second-order valence-corrected chi connectivity index (χ2v) is 5.86. The van der Waals surface area contributed by atoms with Crippen LogP contribution in [0.4, 0.5) is 5.82 Å². The van der Waals surface area contributed by atoms with Crippen molar-refractivity contribution in [2.45, 2.75) is 13.3 Å². The van der Waals surface area contributed by atoms with Gasteiger partial charge in [0.15, 0.2) is 12.4 Å². The zero-order valence-electron chi connectivity index (χ0n) is 13.9. The van der Waals surface area contributed by atoms with Crippen LogP contribution in [-0.4, -0.2) is 53.8 Å². The summed E-state index contributed by atoms with van der Waals surface area (Å²) in [7, 11) is 0. The number of carbonyl (C=O) groups excluding carboxylic acids is 1. The lowest BCUT2D eigenvalue weighted by atomic mass is 10.2. The van der Waals surface area contributed by atoms with Crippen molar-refractivity contribution in [2.24, 2.45) is 0 Å². The van der Waals surface area contributed by atoms with Gasteiger partial charge in [0.1, 0.15) is 5.75 Å². The smallest absolute Gasteiger partial charge is 0.260 e. The van der Waals surface area contributed by atoms with Crippen LogP contribution < -0.4 is 9.64 Å². The number of carbonyl (C=O) groups is 1. The van der Waals surface area contributed by atoms with Crippen molar-refractivity contribution in [1.82, 2.24) is 15.1 Å². The minimum atomic E-state index is 0.0271. The van der Waals surface area contributed by atoms with Gasteiger partial charge in [-0.25, -0.2) is 0 Å². The van der Waals surface area contributed by atoms with Gasteiger partial charge in [0.05, 0.1) is 0 Å². The molecule has 0 spiro atoms. The van der Waals surface area contributed by atoms with E-state index in [1.54, 1.807) is 6.20 Å². The van der Waals surface area contributed by atoms with E-state index in [1.807, 2.05) is 48.2 Å². The summed E-state index contributed by atoms with van der Waals surface area (Å²) in [4.78, 5) is 16.5. The number of para-hydroxylation sites is 1. The normalized spacial score (nSPS) is 15.0. The number of ether oxygens (including phenoxy) is 1. The zero-order valence-corrected chi connectivity index (χ0v) is 13.9. The maximum Gasteiger partial charge on any atom is 0.260 e. The SMILES string of the molecule is Cc1ccccc1OCC(=O)N1CCCN(c2cccnn2)CC1. The third-order valence-electron chi connectivity index (χ3n) is 4.18. The summed E-state index contributed by atoms with van der Waals surface area (Å²) in [5.74, 6) is 1.66. The van der Waals surface area contributed by atoms with Gasteiger partial charge >= 0.3 is 0 Å². The van der Waals surface area contributed by atoms with E-state index in [2.05, 4.69) is 15.1 Å². The highest BCUT2D eigenvalue weighted by molar-refractivity contribution is 5.78. The van der Waals surface area contributed by atoms with E-state index in [4.69, 9.17) is 4.74 Å². The molecule has 6 nitrogen and oxygen atoms in total. The number of rotatable bonds is 4. The Morgan fingerprint density at radius 2 is 2.00 bits per heavy atom. The van der Waals surface area contributed by atoms with Crippen molar-refractivity contribution < 1.29 is 9.53 Å². The van der Waals surface area contributed by atoms with E-state index in [0.29, 0.717) is 6.54 Å². The zero-order chi connectivity index (χ0) is 16.8. The predicted molar refractivity (Wildman–Crippen MR) is 92.1 cm³/mol. The molecule has 1 saturated heterocycles. The average molecular weight is 326 g/mol. The number of hydrogen-bond acceptors (Lipinski definition) is 5. The molecule has 1 aromatic carbocycles. The molecule has 0 unspecified atom stereocenters. The van der Waals surface area contributed by atoms with Gasteiger partial charge in [-0.2, -0.15) is 5.10 Å². The van der Waals surface area contributed by atoms with Crippen molar-refractivity contribution >= 4 is 11.7 Å². The van der Waals surface area contributed by atoms with E-state index in [9.17, 15) is 4.79 Å². The number of aryl methyl sites for hydroxylation is 1. The minimum absolute atomic E-state index is 0.0271. The van der Waals surface area contributed by atoms with Crippen LogP contribution >= 0.6 is 0 Å². The summed E-state index contributed by atoms with van der Waals surface area (Å²) < 4.78 is 5.68. The van der Waals surface area contributed by atoms with Crippen LogP contribution in [0, 0.1) is 6.92 Å². The Bertz CT molecular complexity index is 678. The summed E-state index contributed by atoms with van der Waals surface area (Å²) in [5.41, 5.74) is 1.04. The highest BCUT2D eigenvalue weighted by atomic mass is 16.5. The van der Waals surface area contributed by atoms with Crippen LogP contribution in [-0.2, 0) is 4.79 Å². The van der Waals surface area contributed by atoms with E-state index in [-0.39, 0.29) is 12.5 Å². The maximum atomic E-state index is 12.4. The highest BCUT2D eigenvalue weighted by Crippen LogP contribution is 2.17. The molecule has 0 atom stereocenters. The summed E-state index contributed by atoms with van der Waals surface area (Å²) in [5, 5.41) is 8.07. The molecule has 2 heterocycles. The third kappa shape index (κ3) is 4.01. The van der Waals surface area contributed by atoms with Gasteiger partial charge in [0, 0.05) is 32.4 Å². The molecule has 6 heteroatoms. The van der Waals surface area contributed by atoms with Crippen LogP contribution in [0.5, 0.6) is 5.75 Å². The number of amides is 1. The monoisotopic (exact) mass is 326 g/mol. The first kappa shape index (κ1) is 16.2. The van der Waals surface area contributed by atoms with Gasteiger partial charge in [-0.3, -0.25) is 4.79 Å². The molecule has 1 aliphatic heterocycles.